The molecule has 3 rings (SSSR count). The summed E-state index contributed by atoms with van der Waals surface area (Å²) in [5.74, 6) is -1.17. The maximum atomic E-state index is 13.8. The minimum Gasteiger partial charge on any atom is -0.495 e. The van der Waals surface area contributed by atoms with Crippen molar-refractivity contribution < 1.29 is 27.1 Å². The fourth-order valence-corrected chi connectivity index (χ4v) is 5.39. The van der Waals surface area contributed by atoms with Crippen LogP contribution in [0.4, 0.5) is 10.1 Å². The predicted molar refractivity (Wildman–Crippen MR) is 139 cm³/mol. The van der Waals surface area contributed by atoms with Crippen LogP contribution in [0.5, 0.6) is 5.75 Å². The molecule has 3 aromatic rings. The number of sulfonamides is 1. The molecule has 10 heteroatoms. The van der Waals surface area contributed by atoms with E-state index in [0.717, 1.165) is 4.31 Å². The summed E-state index contributed by atoms with van der Waals surface area (Å²) < 4.78 is 47.4. The highest BCUT2D eigenvalue weighted by molar-refractivity contribution is 7.92. The van der Waals surface area contributed by atoms with Crippen molar-refractivity contribution in [1.82, 2.24) is 10.2 Å². The number of nitrogens with one attached hydrogen (secondary N) is 1. The molecule has 1 atom stereocenters. The van der Waals surface area contributed by atoms with Gasteiger partial charge in [0.05, 0.1) is 17.7 Å². The summed E-state index contributed by atoms with van der Waals surface area (Å²) in [6.07, 6.45) is 0.284. The SMILES string of the molecule is CC[C@H](C(=O)NC)N(Cc1ccc(F)cc1)C(=O)CN(c1ccccc1OC)S(=O)(=O)c1ccccc1. The van der Waals surface area contributed by atoms with E-state index in [9.17, 15) is 22.4 Å². The number of carbonyl (C=O) groups excluding carboxylic acids is 2. The number of nitrogens with zero attached hydrogens (tertiary/aromatic N) is 2. The average molecular weight is 528 g/mol. The number of rotatable bonds is 11. The number of benzene rings is 3. The van der Waals surface area contributed by atoms with Gasteiger partial charge >= 0.3 is 0 Å². The largest absolute Gasteiger partial charge is 0.495 e. The predicted octanol–water partition coefficient (Wildman–Crippen LogP) is 3.58. The van der Waals surface area contributed by atoms with Crippen LogP contribution >= 0.6 is 0 Å². The molecule has 0 radical (unpaired) electrons. The van der Waals surface area contributed by atoms with Crippen LogP contribution in [0, 0.1) is 5.82 Å². The van der Waals surface area contributed by atoms with Crippen LogP contribution in [-0.4, -0.2) is 51.9 Å². The lowest BCUT2D eigenvalue weighted by Crippen LogP contribution is -2.51. The summed E-state index contributed by atoms with van der Waals surface area (Å²) in [5.41, 5.74) is 0.767. The van der Waals surface area contributed by atoms with E-state index in [2.05, 4.69) is 5.32 Å². The minimum atomic E-state index is -4.20. The van der Waals surface area contributed by atoms with Crippen molar-refractivity contribution in [2.24, 2.45) is 0 Å². The van der Waals surface area contributed by atoms with E-state index < -0.39 is 40.2 Å². The zero-order valence-electron chi connectivity index (χ0n) is 20.9. The quantitative estimate of drug-likeness (QED) is 0.411. The van der Waals surface area contributed by atoms with Gasteiger partial charge in [-0.15, -0.1) is 0 Å². The Morgan fingerprint density at radius 2 is 1.59 bits per heavy atom. The zero-order valence-corrected chi connectivity index (χ0v) is 21.7. The molecule has 8 nitrogen and oxygen atoms in total. The highest BCUT2D eigenvalue weighted by Gasteiger charge is 2.34. The number of hydrogen-bond donors (Lipinski definition) is 1. The summed E-state index contributed by atoms with van der Waals surface area (Å²) in [7, 11) is -1.32. The molecule has 2 amide bonds. The highest BCUT2D eigenvalue weighted by Crippen LogP contribution is 2.32. The first-order valence-electron chi connectivity index (χ1n) is 11.7. The fourth-order valence-electron chi connectivity index (χ4n) is 3.94. The Morgan fingerprint density at radius 3 is 2.19 bits per heavy atom. The maximum Gasteiger partial charge on any atom is 0.264 e. The Bertz CT molecular complexity index is 1320. The first-order valence-corrected chi connectivity index (χ1v) is 13.1. The van der Waals surface area contributed by atoms with Crippen LogP contribution in [0.1, 0.15) is 18.9 Å². The summed E-state index contributed by atoms with van der Waals surface area (Å²) in [5, 5.41) is 2.56. The molecule has 0 fully saturated rings. The smallest absolute Gasteiger partial charge is 0.264 e. The molecule has 0 bridgehead atoms. The van der Waals surface area contributed by atoms with Gasteiger partial charge in [-0.2, -0.15) is 0 Å². The normalized spacial score (nSPS) is 11.9. The summed E-state index contributed by atoms with van der Waals surface area (Å²) in [6.45, 7) is 1.14. The van der Waals surface area contributed by atoms with Crippen molar-refractivity contribution >= 4 is 27.5 Å². The number of halogens is 1. The molecule has 196 valence electrons. The van der Waals surface area contributed by atoms with E-state index in [-0.39, 0.29) is 29.3 Å². The summed E-state index contributed by atoms with van der Waals surface area (Å²) in [4.78, 5) is 27.8. The first-order chi connectivity index (χ1) is 17.7. The van der Waals surface area contributed by atoms with Crippen molar-refractivity contribution in [3.63, 3.8) is 0 Å². The molecular formula is C27H30FN3O5S. The van der Waals surface area contributed by atoms with Crippen LogP contribution in [0.3, 0.4) is 0 Å². The Morgan fingerprint density at radius 1 is 0.973 bits per heavy atom. The molecule has 0 spiro atoms. The Balaban J connectivity index is 2.08. The van der Waals surface area contributed by atoms with Crippen LogP contribution in [0.15, 0.2) is 83.8 Å². The van der Waals surface area contributed by atoms with Gasteiger partial charge in [0.1, 0.15) is 24.2 Å². The molecule has 0 unspecified atom stereocenters. The van der Waals surface area contributed by atoms with E-state index in [1.807, 2.05) is 0 Å². The van der Waals surface area contributed by atoms with E-state index in [1.165, 1.54) is 55.5 Å². The molecule has 0 heterocycles. The molecule has 0 saturated heterocycles. The van der Waals surface area contributed by atoms with Gasteiger partial charge in [-0.3, -0.25) is 13.9 Å². The minimum absolute atomic E-state index is 0.00265. The number of ether oxygens (including phenoxy) is 1. The average Bonchev–Trinajstić information content (AvgIpc) is 2.92. The molecular weight excluding hydrogens is 497 g/mol. The number of carbonyl (C=O) groups is 2. The van der Waals surface area contributed by atoms with E-state index in [4.69, 9.17) is 4.74 Å². The fraction of sp³-hybridized carbons (Fsp3) is 0.259. The van der Waals surface area contributed by atoms with Crippen LogP contribution in [0.2, 0.25) is 0 Å². The molecule has 3 aromatic carbocycles. The first kappa shape index (κ1) is 27.7. The molecule has 0 aliphatic heterocycles. The third-order valence-corrected chi connectivity index (χ3v) is 7.64. The Kier molecular flexibility index (Phi) is 9.24. The number of methoxy groups -OCH3 is 1. The lowest BCUT2D eigenvalue weighted by atomic mass is 10.1. The Labute approximate surface area is 216 Å². The van der Waals surface area contributed by atoms with E-state index in [1.54, 1.807) is 49.4 Å². The van der Waals surface area contributed by atoms with Crippen LogP contribution in [-0.2, 0) is 26.2 Å². The van der Waals surface area contributed by atoms with Gasteiger partial charge in [0.2, 0.25) is 11.8 Å². The van der Waals surface area contributed by atoms with Crippen LogP contribution < -0.4 is 14.4 Å². The monoisotopic (exact) mass is 527 g/mol. The second-order valence-corrected chi connectivity index (χ2v) is 10.0. The van der Waals surface area contributed by atoms with E-state index in [0.29, 0.717) is 5.56 Å². The second-order valence-electron chi connectivity index (χ2n) is 8.18. The highest BCUT2D eigenvalue weighted by atomic mass is 32.2. The molecule has 0 aliphatic rings. The van der Waals surface area contributed by atoms with Gasteiger partial charge in [0.25, 0.3) is 10.0 Å². The number of para-hydroxylation sites is 2. The Hall–Kier alpha value is -3.92. The summed E-state index contributed by atoms with van der Waals surface area (Å²) >= 11 is 0. The maximum absolute atomic E-state index is 13.8. The van der Waals surface area contributed by atoms with Crippen molar-refractivity contribution in [1.29, 1.82) is 0 Å². The second kappa shape index (κ2) is 12.4. The van der Waals surface area contributed by atoms with E-state index >= 15 is 0 Å². The molecule has 37 heavy (non-hydrogen) atoms. The van der Waals surface area contributed by atoms with Crippen molar-refractivity contribution in [2.45, 2.75) is 30.8 Å². The molecule has 0 saturated carbocycles. The summed E-state index contributed by atoms with van der Waals surface area (Å²) in [6, 6.07) is 18.9. The standard InChI is InChI=1S/C27H30FN3O5S/c1-4-23(27(33)29-2)30(18-20-14-16-21(28)17-15-20)26(32)19-31(24-12-8-9-13-25(24)36-3)37(34,35)22-10-6-5-7-11-22/h5-17,23H,4,18-19H2,1-3H3,(H,29,33)/t23-/m1/s1. The van der Waals surface area contributed by atoms with Crippen molar-refractivity contribution in [3.05, 3.63) is 90.2 Å². The topological polar surface area (TPSA) is 96.0 Å². The van der Waals surface area contributed by atoms with Gasteiger partial charge in [-0.25, -0.2) is 12.8 Å². The van der Waals surface area contributed by atoms with Gasteiger partial charge in [-0.1, -0.05) is 49.4 Å². The molecule has 0 aromatic heterocycles. The number of hydrogen-bond acceptors (Lipinski definition) is 5. The van der Waals surface area contributed by atoms with Crippen molar-refractivity contribution in [2.75, 3.05) is 25.0 Å². The van der Waals surface area contributed by atoms with Gasteiger partial charge in [-0.05, 0) is 48.4 Å². The zero-order chi connectivity index (χ0) is 27.0. The van der Waals surface area contributed by atoms with Crippen LogP contribution in [0.25, 0.3) is 0 Å². The molecule has 0 aliphatic carbocycles. The third-order valence-electron chi connectivity index (χ3n) is 5.86. The third kappa shape index (κ3) is 6.45. The lowest BCUT2D eigenvalue weighted by molar-refractivity contribution is -0.140. The van der Waals surface area contributed by atoms with Crippen molar-refractivity contribution in [3.8, 4) is 5.75 Å². The lowest BCUT2D eigenvalue weighted by Gasteiger charge is -2.33. The molecule has 1 N–H and O–H groups in total. The number of anilines is 1. The van der Waals surface area contributed by atoms with Gasteiger partial charge in [0.15, 0.2) is 0 Å². The van der Waals surface area contributed by atoms with Gasteiger partial charge in [0, 0.05) is 13.6 Å². The number of amides is 2. The number of likely N-dealkylation sites (N-methyl/N-ethyl adjacent to an activating group) is 1. The van der Waals surface area contributed by atoms with Gasteiger partial charge < -0.3 is 15.0 Å².